The Morgan fingerprint density at radius 2 is 2.04 bits per heavy atom. The van der Waals surface area contributed by atoms with Crippen LogP contribution in [0.5, 0.6) is 0 Å². The Hall–Kier alpha value is -1.70. The first kappa shape index (κ1) is 17.7. The van der Waals surface area contributed by atoms with E-state index in [1.807, 2.05) is 18.3 Å². The molecule has 0 unspecified atom stereocenters. The minimum atomic E-state index is -3.56. The number of pyridine rings is 1. The van der Waals surface area contributed by atoms with Gasteiger partial charge in [0.05, 0.1) is 6.54 Å². The Balaban J connectivity index is 1.50. The fourth-order valence-electron chi connectivity index (χ4n) is 3.44. The van der Waals surface area contributed by atoms with E-state index >= 15 is 0 Å². The monoisotopic (exact) mass is 375 g/mol. The maximum Gasteiger partial charge on any atom is 0.244 e. The highest BCUT2D eigenvalue weighted by Gasteiger charge is 2.31. The molecular formula is C19H25N3O3S. The van der Waals surface area contributed by atoms with Gasteiger partial charge in [-0.25, -0.2) is 8.42 Å². The number of sulfonamides is 1. The van der Waals surface area contributed by atoms with Gasteiger partial charge in [-0.1, -0.05) is 0 Å². The van der Waals surface area contributed by atoms with E-state index in [2.05, 4.69) is 9.55 Å². The first-order valence-electron chi connectivity index (χ1n) is 9.25. The summed E-state index contributed by atoms with van der Waals surface area (Å²) in [5.74, 6) is 0.983. The summed E-state index contributed by atoms with van der Waals surface area (Å²) in [4.78, 5) is 4.23. The first-order chi connectivity index (χ1) is 12.6. The quantitative estimate of drug-likeness (QED) is 0.698. The van der Waals surface area contributed by atoms with Crippen LogP contribution >= 0.6 is 0 Å². The topological polar surface area (TPSA) is 64.4 Å². The maximum atomic E-state index is 13.1. The second-order valence-electron chi connectivity index (χ2n) is 7.31. The van der Waals surface area contributed by atoms with E-state index in [-0.39, 0.29) is 10.8 Å². The largest absolute Gasteiger partial charge is 0.381 e. The lowest BCUT2D eigenvalue weighted by atomic mass is 10.1. The second-order valence-corrected chi connectivity index (χ2v) is 9.25. The molecule has 1 aliphatic carbocycles. The molecular weight excluding hydrogens is 350 g/mol. The number of hydrogen-bond donors (Lipinski definition) is 0. The molecule has 2 aromatic rings. The van der Waals surface area contributed by atoms with Gasteiger partial charge >= 0.3 is 0 Å². The molecule has 3 heterocycles. The molecule has 0 radical (unpaired) electrons. The second kappa shape index (κ2) is 7.50. The highest BCUT2D eigenvalue weighted by molar-refractivity contribution is 7.89. The van der Waals surface area contributed by atoms with Crippen molar-refractivity contribution in [2.45, 2.75) is 37.2 Å². The Morgan fingerprint density at radius 3 is 2.81 bits per heavy atom. The van der Waals surface area contributed by atoms with Crippen molar-refractivity contribution in [2.75, 3.05) is 19.8 Å². The molecule has 0 N–H and O–H groups in total. The van der Waals surface area contributed by atoms with Crippen LogP contribution in [-0.2, 0) is 27.8 Å². The fraction of sp³-hybridized carbons (Fsp3) is 0.526. The number of ether oxygens (including phenoxy) is 1. The van der Waals surface area contributed by atoms with Gasteiger partial charge in [0.25, 0.3) is 0 Å². The van der Waals surface area contributed by atoms with Crippen LogP contribution in [0.1, 0.15) is 25.0 Å². The van der Waals surface area contributed by atoms with Crippen molar-refractivity contribution in [3.8, 4) is 0 Å². The third-order valence-corrected chi connectivity index (χ3v) is 6.97. The summed E-state index contributed by atoms with van der Waals surface area (Å²) in [5, 5.41) is 0. The van der Waals surface area contributed by atoms with E-state index in [4.69, 9.17) is 4.74 Å². The SMILES string of the molecule is O=S(=O)(c1cccnc1)N1Cc2cccn2C[C@@H](CCOCC2CC2)C1. The zero-order valence-corrected chi connectivity index (χ0v) is 15.6. The van der Waals surface area contributed by atoms with Crippen molar-refractivity contribution in [2.24, 2.45) is 11.8 Å². The number of fused-ring (bicyclic) bond motifs is 1. The van der Waals surface area contributed by atoms with Gasteiger partial charge in [-0.15, -0.1) is 0 Å². The minimum absolute atomic E-state index is 0.231. The van der Waals surface area contributed by atoms with Crippen molar-refractivity contribution >= 4 is 10.0 Å². The molecule has 1 fully saturated rings. The van der Waals surface area contributed by atoms with Crippen molar-refractivity contribution in [3.63, 3.8) is 0 Å². The van der Waals surface area contributed by atoms with E-state index in [1.54, 1.807) is 22.6 Å². The third-order valence-electron chi connectivity index (χ3n) is 5.17. The lowest BCUT2D eigenvalue weighted by molar-refractivity contribution is 0.106. The average Bonchev–Trinajstić information content (AvgIpc) is 3.41. The zero-order chi connectivity index (χ0) is 18.0. The summed E-state index contributed by atoms with van der Waals surface area (Å²) in [7, 11) is -3.56. The van der Waals surface area contributed by atoms with E-state index < -0.39 is 10.0 Å². The summed E-state index contributed by atoms with van der Waals surface area (Å²) in [6.07, 6.45) is 8.48. The van der Waals surface area contributed by atoms with Crippen LogP contribution in [0.2, 0.25) is 0 Å². The Labute approximate surface area is 154 Å². The molecule has 4 rings (SSSR count). The van der Waals surface area contributed by atoms with Gasteiger partial charge in [0, 0.05) is 50.6 Å². The molecule has 0 amide bonds. The standard InChI is InChI=1S/C19H25N3O3S/c23-26(24,19-4-1-8-20-11-19)22-13-17(7-10-25-15-16-5-6-16)12-21-9-2-3-18(21)14-22/h1-4,8-9,11,16-17H,5-7,10,12-15H2/t17-/m1/s1. The van der Waals surface area contributed by atoms with Gasteiger partial charge in [0.15, 0.2) is 0 Å². The molecule has 1 saturated carbocycles. The highest BCUT2D eigenvalue weighted by atomic mass is 32.2. The minimum Gasteiger partial charge on any atom is -0.381 e. The molecule has 26 heavy (non-hydrogen) atoms. The van der Waals surface area contributed by atoms with Gasteiger partial charge in [0.2, 0.25) is 10.0 Å². The van der Waals surface area contributed by atoms with Gasteiger partial charge in [-0.2, -0.15) is 4.31 Å². The van der Waals surface area contributed by atoms with Crippen LogP contribution in [0.15, 0.2) is 47.8 Å². The molecule has 1 aliphatic heterocycles. The van der Waals surface area contributed by atoms with E-state index in [1.165, 1.54) is 19.0 Å². The number of hydrogen-bond acceptors (Lipinski definition) is 4. The fourth-order valence-corrected chi connectivity index (χ4v) is 4.89. The zero-order valence-electron chi connectivity index (χ0n) is 14.8. The normalized spacial score (nSPS) is 21.3. The summed E-state index contributed by atoms with van der Waals surface area (Å²) >= 11 is 0. The van der Waals surface area contributed by atoms with Crippen molar-refractivity contribution < 1.29 is 13.2 Å². The Kier molecular flexibility index (Phi) is 5.11. The molecule has 0 saturated heterocycles. The van der Waals surface area contributed by atoms with Crippen molar-refractivity contribution in [1.82, 2.24) is 13.9 Å². The number of aromatic nitrogens is 2. The van der Waals surface area contributed by atoms with Crippen LogP contribution in [0.25, 0.3) is 0 Å². The summed E-state index contributed by atoms with van der Waals surface area (Å²) in [6, 6.07) is 7.25. The number of rotatable bonds is 7. The molecule has 0 aromatic carbocycles. The molecule has 1 atom stereocenters. The lowest BCUT2D eigenvalue weighted by Crippen LogP contribution is -2.34. The number of nitrogens with zero attached hydrogens (tertiary/aromatic N) is 3. The molecule has 140 valence electrons. The smallest absolute Gasteiger partial charge is 0.244 e. The summed E-state index contributed by atoms with van der Waals surface area (Å²) in [5.41, 5.74) is 1.03. The van der Waals surface area contributed by atoms with E-state index in [9.17, 15) is 8.42 Å². The predicted octanol–water partition coefficient (Wildman–Crippen LogP) is 2.52. The van der Waals surface area contributed by atoms with Gasteiger partial charge < -0.3 is 9.30 Å². The maximum absolute atomic E-state index is 13.1. The van der Waals surface area contributed by atoms with Gasteiger partial charge in [-0.3, -0.25) is 4.98 Å². The summed E-state index contributed by atoms with van der Waals surface area (Å²) < 4.78 is 35.7. The van der Waals surface area contributed by atoms with Crippen molar-refractivity contribution in [3.05, 3.63) is 48.5 Å². The highest BCUT2D eigenvalue weighted by Crippen LogP contribution is 2.29. The Morgan fingerprint density at radius 1 is 1.15 bits per heavy atom. The van der Waals surface area contributed by atoms with Crippen LogP contribution in [0, 0.1) is 11.8 Å². The molecule has 2 aromatic heterocycles. The van der Waals surface area contributed by atoms with E-state index in [0.29, 0.717) is 19.7 Å². The Bertz CT molecular complexity index is 831. The summed E-state index contributed by atoms with van der Waals surface area (Å²) in [6.45, 7) is 3.27. The molecule has 7 heteroatoms. The first-order valence-corrected chi connectivity index (χ1v) is 10.7. The average molecular weight is 375 g/mol. The van der Waals surface area contributed by atoms with Crippen LogP contribution in [-0.4, -0.2) is 42.0 Å². The van der Waals surface area contributed by atoms with E-state index in [0.717, 1.165) is 31.2 Å². The van der Waals surface area contributed by atoms with Crippen LogP contribution < -0.4 is 0 Å². The molecule has 6 nitrogen and oxygen atoms in total. The van der Waals surface area contributed by atoms with Gasteiger partial charge in [0.1, 0.15) is 4.90 Å². The molecule has 0 bridgehead atoms. The predicted molar refractivity (Wildman–Crippen MR) is 97.9 cm³/mol. The van der Waals surface area contributed by atoms with Crippen LogP contribution in [0.3, 0.4) is 0 Å². The van der Waals surface area contributed by atoms with Gasteiger partial charge in [-0.05, 0) is 55.4 Å². The molecule has 2 aliphatic rings. The van der Waals surface area contributed by atoms with Crippen molar-refractivity contribution in [1.29, 1.82) is 0 Å². The lowest BCUT2D eigenvalue weighted by Gasteiger charge is -2.23. The third kappa shape index (κ3) is 4.00. The van der Waals surface area contributed by atoms with Crippen LogP contribution in [0.4, 0.5) is 0 Å². The molecule has 0 spiro atoms.